The summed E-state index contributed by atoms with van der Waals surface area (Å²) in [6.45, 7) is 0. The molecule has 5 aromatic rings. The number of rotatable bonds is 4. The lowest BCUT2D eigenvalue weighted by atomic mass is 10.1. The van der Waals surface area contributed by atoms with Crippen molar-refractivity contribution in [1.29, 1.82) is 0 Å². The molecule has 0 radical (unpaired) electrons. The van der Waals surface area contributed by atoms with Gasteiger partial charge >= 0.3 is 5.97 Å². The number of nitrogens with one attached hydrogen (secondary N) is 2. The molecule has 29 heavy (non-hydrogen) atoms. The van der Waals surface area contributed by atoms with Crippen molar-refractivity contribution in [2.45, 2.75) is 10.9 Å². The second-order valence-electron chi connectivity index (χ2n) is 6.29. The maximum atomic E-state index is 12.4. The van der Waals surface area contributed by atoms with E-state index in [1.165, 1.54) is 18.9 Å². The largest absolute Gasteiger partial charge is 0.465 e. The Balaban J connectivity index is 1.50. The minimum Gasteiger partial charge on any atom is -0.465 e. The van der Waals surface area contributed by atoms with Crippen LogP contribution < -0.4 is 5.56 Å². The fraction of sp³-hybridized carbons (Fsp3) is 0.105. The van der Waals surface area contributed by atoms with E-state index in [-0.39, 0.29) is 5.56 Å². The molecule has 0 saturated carbocycles. The molecule has 3 heterocycles. The van der Waals surface area contributed by atoms with E-state index in [0.717, 1.165) is 11.0 Å². The molecule has 2 N–H and O–H groups in total. The van der Waals surface area contributed by atoms with Crippen molar-refractivity contribution >= 4 is 45.4 Å². The number of esters is 1. The summed E-state index contributed by atoms with van der Waals surface area (Å²) >= 11 is 1.42. The van der Waals surface area contributed by atoms with Crippen molar-refractivity contribution in [3.05, 3.63) is 64.2 Å². The molecule has 0 fully saturated rings. The number of imidazole rings is 1. The number of thioether (sulfide) groups is 1. The van der Waals surface area contributed by atoms with Crippen LogP contribution >= 0.6 is 11.8 Å². The van der Waals surface area contributed by atoms with Gasteiger partial charge in [0.2, 0.25) is 5.78 Å². The Morgan fingerprint density at radius 2 is 2.03 bits per heavy atom. The normalized spacial score (nSPS) is 11.5. The predicted molar refractivity (Wildman–Crippen MR) is 108 cm³/mol. The van der Waals surface area contributed by atoms with Gasteiger partial charge in [-0.1, -0.05) is 23.9 Å². The summed E-state index contributed by atoms with van der Waals surface area (Å²) < 4.78 is 6.66. The molecular weight excluding hydrogens is 392 g/mol. The number of methoxy groups -OCH3 is 1. The number of aromatic amines is 2. The number of para-hydroxylation sites is 2. The van der Waals surface area contributed by atoms with Gasteiger partial charge in [-0.15, -0.1) is 5.10 Å². The van der Waals surface area contributed by atoms with E-state index in [1.807, 2.05) is 28.7 Å². The van der Waals surface area contributed by atoms with E-state index in [2.05, 4.69) is 25.1 Å². The van der Waals surface area contributed by atoms with Crippen LogP contribution in [0.15, 0.2) is 52.4 Å². The van der Waals surface area contributed by atoms with E-state index < -0.39 is 5.97 Å². The van der Waals surface area contributed by atoms with E-state index in [1.54, 1.807) is 18.2 Å². The van der Waals surface area contributed by atoms with Gasteiger partial charge in [0, 0.05) is 0 Å². The number of nitrogens with zero attached hydrogens (tertiary/aromatic N) is 4. The molecule has 2 aromatic carbocycles. The molecule has 3 aromatic heterocycles. The number of aromatic nitrogens is 6. The van der Waals surface area contributed by atoms with Crippen LogP contribution in [0.5, 0.6) is 0 Å². The van der Waals surface area contributed by atoms with Gasteiger partial charge in [0.15, 0.2) is 5.16 Å². The molecule has 9 nitrogen and oxygen atoms in total. The van der Waals surface area contributed by atoms with Crippen LogP contribution in [0.2, 0.25) is 0 Å². The van der Waals surface area contributed by atoms with Gasteiger partial charge in [-0.05, 0) is 30.3 Å². The molecule has 0 aliphatic rings. The van der Waals surface area contributed by atoms with Crippen molar-refractivity contribution in [3.8, 4) is 0 Å². The second-order valence-corrected chi connectivity index (χ2v) is 7.23. The van der Waals surface area contributed by atoms with Crippen molar-refractivity contribution in [1.82, 2.24) is 29.5 Å². The van der Waals surface area contributed by atoms with Gasteiger partial charge in [-0.3, -0.25) is 9.20 Å². The van der Waals surface area contributed by atoms with Gasteiger partial charge < -0.3 is 9.72 Å². The van der Waals surface area contributed by atoms with E-state index in [9.17, 15) is 9.59 Å². The average molecular weight is 406 g/mol. The van der Waals surface area contributed by atoms with Crippen LogP contribution in [0.4, 0.5) is 0 Å². The third kappa shape index (κ3) is 2.93. The first-order chi connectivity index (χ1) is 14.1. The SMILES string of the molecule is COC(=O)c1ccc2c(=O)[nH]c(CSc3n[nH]c4nc5ccccc5n34)nc2c1. The minimum atomic E-state index is -0.476. The topological polar surface area (TPSA) is 118 Å². The molecular formula is C19H14N6O3S. The Kier molecular flexibility index (Phi) is 4.06. The molecule has 5 rings (SSSR count). The smallest absolute Gasteiger partial charge is 0.337 e. The number of ether oxygens (including phenoxy) is 1. The molecule has 0 saturated heterocycles. The highest BCUT2D eigenvalue weighted by Crippen LogP contribution is 2.25. The van der Waals surface area contributed by atoms with Crippen LogP contribution in [-0.2, 0) is 10.5 Å². The summed E-state index contributed by atoms with van der Waals surface area (Å²) in [5.41, 5.74) is 2.34. The van der Waals surface area contributed by atoms with Crippen molar-refractivity contribution in [3.63, 3.8) is 0 Å². The molecule has 0 unspecified atom stereocenters. The van der Waals surface area contributed by atoms with Crippen LogP contribution in [-0.4, -0.2) is 42.6 Å². The highest BCUT2D eigenvalue weighted by atomic mass is 32.2. The number of H-pyrrole nitrogens is 2. The number of fused-ring (bicyclic) bond motifs is 4. The summed E-state index contributed by atoms with van der Waals surface area (Å²) in [6.07, 6.45) is 0. The van der Waals surface area contributed by atoms with Crippen LogP contribution in [0.3, 0.4) is 0 Å². The molecule has 10 heteroatoms. The lowest BCUT2D eigenvalue weighted by Crippen LogP contribution is -2.12. The van der Waals surface area contributed by atoms with Crippen LogP contribution in [0, 0.1) is 0 Å². The highest BCUT2D eigenvalue weighted by molar-refractivity contribution is 7.98. The zero-order valence-electron chi connectivity index (χ0n) is 15.2. The molecule has 0 atom stereocenters. The van der Waals surface area contributed by atoms with E-state index >= 15 is 0 Å². The summed E-state index contributed by atoms with van der Waals surface area (Å²) in [6, 6.07) is 12.5. The maximum Gasteiger partial charge on any atom is 0.337 e. The summed E-state index contributed by atoms with van der Waals surface area (Å²) in [5.74, 6) is 1.04. The summed E-state index contributed by atoms with van der Waals surface area (Å²) in [5, 5.41) is 8.35. The predicted octanol–water partition coefficient (Wildman–Crippen LogP) is 2.53. The quantitative estimate of drug-likeness (QED) is 0.348. The fourth-order valence-electron chi connectivity index (χ4n) is 3.17. The zero-order chi connectivity index (χ0) is 20.0. The van der Waals surface area contributed by atoms with Crippen LogP contribution in [0.1, 0.15) is 16.2 Å². The Bertz CT molecular complexity index is 1450. The van der Waals surface area contributed by atoms with Gasteiger partial charge in [0.1, 0.15) is 5.82 Å². The van der Waals surface area contributed by atoms with Crippen molar-refractivity contribution in [2.24, 2.45) is 0 Å². The van der Waals surface area contributed by atoms with Gasteiger partial charge in [-0.2, -0.15) is 0 Å². The van der Waals surface area contributed by atoms with Crippen molar-refractivity contribution in [2.75, 3.05) is 7.11 Å². The van der Waals surface area contributed by atoms with E-state index in [0.29, 0.717) is 39.0 Å². The molecule has 0 amide bonds. The third-order valence-corrected chi connectivity index (χ3v) is 5.47. The fourth-order valence-corrected chi connectivity index (χ4v) is 4.00. The molecule has 144 valence electrons. The molecule has 0 aliphatic heterocycles. The zero-order valence-corrected chi connectivity index (χ0v) is 16.0. The average Bonchev–Trinajstić information content (AvgIpc) is 3.30. The van der Waals surface area contributed by atoms with E-state index in [4.69, 9.17) is 4.74 Å². The number of carbonyl (C=O) groups excluding carboxylic acids is 1. The number of carbonyl (C=O) groups is 1. The van der Waals surface area contributed by atoms with Gasteiger partial charge in [0.25, 0.3) is 5.56 Å². The summed E-state index contributed by atoms with van der Waals surface area (Å²) in [4.78, 5) is 35.9. The summed E-state index contributed by atoms with van der Waals surface area (Å²) in [7, 11) is 1.31. The first kappa shape index (κ1) is 17.4. The first-order valence-corrected chi connectivity index (χ1v) is 9.68. The monoisotopic (exact) mass is 406 g/mol. The Labute approximate surface area is 167 Å². The number of benzene rings is 2. The standard InChI is InChI=1S/C19H14N6O3S/c1-28-17(27)10-6-7-11-13(8-10)20-15(22-16(11)26)9-29-19-24-23-18-21-12-4-2-3-5-14(12)25(18)19/h2-8H,9H2,1H3,(H,21,23)(H,20,22,26). The maximum absolute atomic E-state index is 12.4. The number of hydrogen-bond donors (Lipinski definition) is 2. The molecule has 0 aliphatic carbocycles. The lowest BCUT2D eigenvalue weighted by Gasteiger charge is -2.04. The number of hydrogen-bond acceptors (Lipinski definition) is 7. The van der Waals surface area contributed by atoms with Crippen LogP contribution in [0.25, 0.3) is 27.7 Å². The van der Waals surface area contributed by atoms with Gasteiger partial charge in [-0.25, -0.2) is 19.9 Å². The van der Waals surface area contributed by atoms with Gasteiger partial charge in [0.05, 0.1) is 40.4 Å². The second kappa shape index (κ2) is 6.74. The Morgan fingerprint density at radius 1 is 1.17 bits per heavy atom. The van der Waals surface area contributed by atoms with Crippen molar-refractivity contribution < 1.29 is 9.53 Å². The Morgan fingerprint density at radius 3 is 2.90 bits per heavy atom. The molecule has 0 spiro atoms. The lowest BCUT2D eigenvalue weighted by molar-refractivity contribution is 0.0601. The highest BCUT2D eigenvalue weighted by Gasteiger charge is 2.14. The first-order valence-electron chi connectivity index (χ1n) is 8.69. The third-order valence-electron chi connectivity index (χ3n) is 4.52. The minimum absolute atomic E-state index is 0.262. The molecule has 0 bridgehead atoms. The Hall–Kier alpha value is -3.66.